The second-order valence-electron chi connectivity index (χ2n) is 9.62. The number of aromatic nitrogens is 4. The van der Waals surface area contributed by atoms with E-state index >= 15 is 0 Å². The lowest BCUT2D eigenvalue weighted by molar-refractivity contribution is 0.253. The molecule has 0 aliphatic heterocycles. The molecule has 0 unspecified atom stereocenters. The van der Waals surface area contributed by atoms with Gasteiger partial charge in [0.1, 0.15) is 11.2 Å². The lowest BCUT2D eigenvalue weighted by Gasteiger charge is -2.38. The van der Waals surface area contributed by atoms with Crippen molar-refractivity contribution < 1.29 is 0 Å². The Kier molecular flexibility index (Phi) is 5.53. The Hall–Kier alpha value is -3.64. The highest BCUT2D eigenvalue weighted by Crippen LogP contribution is 2.40. The molecule has 0 radical (unpaired) electrons. The predicted octanol–water partition coefficient (Wildman–Crippen LogP) is 6.20. The predicted molar refractivity (Wildman–Crippen MR) is 141 cm³/mol. The standard InChI is InChI=1S/C29H30N6/c1-2-18-31-25(20-10-6-11-20)28-33-24-19-32-26(21-8-4-3-5-9-21)34-27(24)35(28)23-14-12-22(13-15-23)29(30)16-7-17-29/h3-5,8-9,12-15,18-19H,2,6-7,10-11,16-17,30H2,1H3. The van der Waals surface area contributed by atoms with Gasteiger partial charge >= 0.3 is 0 Å². The second kappa shape index (κ2) is 8.86. The van der Waals surface area contributed by atoms with Crippen molar-refractivity contribution in [3.63, 3.8) is 0 Å². The Morgan fingerprint density at radius 1 is 1.03 bits per heavy atom. The molecule has 6 heteroatoms. The van der Waals surface area contributed by atoms with Crippen LogP contribution in [0, 0.1) is 0 Å². The minimum absolute atomic E-state index is 0.189. The number of fused-ring (bicyclic) bond motifs is 1. The van der Waals surface area contributed by atoms with Crippen LogP contribution in [0.1, 0.15) is 63.3 Å². The van der Waals surface area contributed by atoms with Crippen molar-refractivity contribution in [3.8, 4) is 17.1 Å². The van der Waals surface area contributed by atoms with Crippen LogP contribution in [0.2, 0.25) is 0 Å². The van der Waals surface area contributed by atoms with Crippen LogP contribution in [0.15, 0.2) is 71.4 Å². The van der Waals surface area contributed by atoms with Crippen LogP contribution in [0.5, 0.6) is 0 Å². The van der Waals surface area contributed by atoms with E-state index in [1.807, 2.05) is 42.7 Å². The van der Waals surface area contributed by atoms with Gasteiger partial charge in [-0.2, -0.15) is 0 Å². The number of hydrogen-bond donors (Lipinski definition) is 1. The molecule has 2 aromatic carbocycles. The third kappa shape index (κ3) is 3.88. The number of imidazole rings is 1. The van der Waals surface area contributed by atoms with Gasteiger partial charge in [0.25, 0.3) is 0 Å². The number of benzene rings is 2. The van der Waals surface area contributed by atoms with Gasteiger partial charge < -0.3 is 5.73 Å². The van der Waals surface area contributed by atoms with Gasteiger partial charge in [0, 0.05) is 23.0 Å². The van der Waals surface area contributed by atoms with E-state index in [-0.39, 0.29) is 5.54 Å². The average Bonchev–Trinajstić information content (AvgIpc) is 3.23. The van der Waals surface area contributed by atoms with Gasteiger partial charge in [0.2, 0.25) is 0 Å². The zero-order valence-electron chi connectivity index (χ0n) is 20.1. The molecule has 0 saturated heterocycles. The van der Waals surface area contributed by atoms with E-state index in [0.29, 0.717) is 5.82 Å². The molecule has 0 bridgehead atoms. The highest BCUT2D eigenvalue weighted by molar-refractivity contribution is 5.83. The Morgan fingerprint density at radius 2 is 1.80 bits per heavy atom. The van der Waals surface area contributed by atoms with E-state index < -0.39 is 0 Å². The minimum atomic E-state index is -0.189. The minimum Gasteiger partial charge on any atom is -0.321 e. The van der Waals surface area contributed by atoms with Crippen molar-refractivity contribution in [3.05, 3.63) is 77.8 Å². The molecule has 0 atom stereocenters. The third-order valence-corrected chi connectivity index (χ3v) is 7.28. The van der Waals surface area contributed by atoms with Gasteiger partial charge in [0.15, 0.2) is 17.3 Å². The molecule has 2 aliphatic carbocycles. The van der Waals surface area contributed by atoms with Gasteiger partial charge in [-0.15, -0.1) is 0 Å². The fourth-order valence-corrected chi connectivity index (χ4v) is 4.87. The molecule has 0 spiro atoms. The molecule has 2 saturated carbocycles. The van der Waals surface area contributed by atoms with Crippen molar-refractivity contribution in [2.75, 3.05) is 0 Å². The van der Waals surface area contributed by atoms with Crippen LogP contribution in [0.4, 0.5) is 0 Å². The molecule has 2 aromatic heterocycles. The summed E-state index contributed by atoms with van der Waals surface area (Å²) in [6.45, 7) is 2.11. The number of rotatable bonds is 6. The summed E-state index contributed by atoms with van der Waals surface area (Å²) in [4.78, 5) is 19.5. The maximum Gasteiger partial charge on any atom is 0.169 e. The molecule has 6 rings (SSSR count). The van der Waals surface area contributed by atoms with E-state index in [0.717, 1.165) is 66.0 Å². The van der Waals surface area contributed by atoms with Crippen LogP contribution in [0.25, 0.3) is 33.9 Å². The number of nitrogens with zero attached hydrogens (tertiary/aromatic N) is 5. The Bertz CT molecular complexity index is 1420. The molecule has 0 amide bonds. The highest BCUT2D eigenvalue weighted by Gasteiger charge is 2.34. The molecule has 6 nitrogen and oxygen atoms in total. The molecular weight excluding hydrogens is 432 g/mol. The van der Waals surface area contributed by atoms with Crippen molar-refractivity contribution in [1.29, 1.82) is 0 Å². The van der Waals surface area contributed by atoms with Crippen molar-refractivity contribution in [1.82, 2.24) is 19.5 Å². The topological polar surface area (TPSA) is 82.0 Å². The summed E-state index contributed by atoms with van der Waals surface area (Å²) in [5.41, 5.74) is 13.5. The summed E-state index contributed by atoms with van der Waals surface area (Å²) in [5.74, 6) is 1.52. The summed E-state index contributed by atoms with van der Waals surface area (Å²) in [7, 11) is 0. The SMILES string of the molecule is CCC=NC(=C1CCC1)c1nc2cnc(-c3ccccc3)nc2n1-c1ccc(C2(N)CCC2)cc1. The molecule has 35 heavy (non-hydrogen) atoms. The molecule has 4 aromatic rings. The van der Waals surface area contributed by atoms with Crippen LogP contribution >= 0.6 is 0 Å². The smallest absolute Gasteiger partial charge is 0.169 e. The molecule has 2 fully saturated rings. The number of nitrogens with two attached hydrogens (primary N) is 1. The van der Waals surface area contributed by atoms with E-state index in [4.69, 9.17) is 20.7 Å². The van der Waals surface area contributed by atoms with Gasteiger partial charge in [-0.3, -0.25) is 9.56 Å². The fraction of sp³-hybridized carbons (Fsp3) is 0.310. The lowest BCUT2D eigenvalue weighted by Crippen LogP contribution is -2.43. The van der Waals surface area contributed by atoms with Crippen molar-refractivity contribution >= 4 is 23.1 Å². The summed E-state index contributed by atoms with van der Waals surface area (Å²) in [5, 5.41) is 0. The third-order valence-electron chi connectivity index (χ3n) is 7.28. The Morgan fingerprint density at radius 3 is 2.43 bits per heavy atom. The highest BCUT2D eigenvalue weighted by atomic mass is 15.2. The molecule has 2 N–H and O–H groups in total. The van der Waals surface area contributed by atoms with Gasteiger partial charge in [-0.05, 0) is 68.2 Å². The second-order valence-corrected chi connectivity index (χ2v) is 9.62. The normalized spacial score (nSPS) is 16.9. The summed E-state index contributed by atoms with van der Waals surface area (Å²) < 4.78 is 2.14. The number of aliphatic imine (C=N–C) groups is 1. The molecule has 176 valence electrons. The average molecular weight is 463 g/mol. The Labute approximate surface area is 205 Å². The molecular formula is C29H30N6. The summed E-state index contributed by atoms with van der Waals surface area (Å²) in [6, 6.07) is 18.7. The largest absolute Gasteiger partial charge is 0.321 e. The number of hydrogen-bond acceptors (Lipinski definition) is 5. The van der Waals surface area contributed by atoms with Gasteiger partial charge in [0.05, 0.1) is 6.20 Å². The van der Waals surface area contributed by atoms with Crippen molar-refractivity contribution in [2.24, 2.45) is 10.7 Å². The van der Waals surface area contributed by atoms with E-state index in [1.165, 1.54) is 24.0 Å². The fourth-order valence-electron chi connectivity index (χ4n) is 4.87. The first-order chi connectivity index (χ1) is 17.2. The quantitative estimate of drug-likeness (QED) is 0.346. The van der Waals surface area contributed by atoms with Crippen LogP contribution in [0.3, 0.4) is 0 Å². The Balaban J connectivity index is 1.55. The van der Waals surface area contributed by atoms with Gasteiger partial charge in [-0.1, -0.05) is 49.4 Å². The molecule has 2 aliphatic rings. The maximum absolute atomic E-state index is 6.60. The monoisotopic (exact) mass is 462 g/mol. The van der Waals surface area contributed by atoms with E-state index in [2.05, 4.69) is 40.7 Å². The maximum atomic E-state index is 6.60. The summed E-state index contributed by atoms with van der Waals surface area (Å²) >= 11 is 0. The van der Waals surface area contributed by atoms with Crippen LogP contribution < -0.4 is 5.73 Å². The van der Waals surface area contributed by atoms with Crippen LogP contribution in [-0.4, -0.2) is 25.7 Å². The van der Waals surface area contributed by atoms with Gasteiger partial charge in [-0.25, -0.2) is 15.0 Å². The zero-order valence-corrected chi connectivity index (χ0v) is 20.1. The first-order valence-corrected chi connectivity index (χ1v) is 12.6. The first-order valence-electron chi connectivity index (χ1n) is 12.6. The first kappa shape index (κ1) is 21.9. The molecule has 2 heterocycles. The number of allylic oxidation sites excluding steroid dienone is 1. The van der Waals surface area contributed by atoms with E-state index in [1.54, 1.807) is 0 Å². The zero-order chi connectivity index (χ0) is 23.8. The van der Waals surface area contributed by atoms with Crippen LogP contribution in [-0.2, 0) is 5.54 Å². The summed E-state index contributed by atoms with van der Waals surface area (Å²) in [6.07, 6.45) is 11.3. The van der Waals surface area contributed by atoms with Crippen molar-refractivity contribution in [2.45, 2.75) is 57.4 Å². The lowest BCUT2D eigenvalue weighted by atomic mass is 9.73. The van der Waals surface area contributed by atoms with E-state index in [9.17, 15) is 0 Å².